The first-order chi connectivity index (χ1) is 13.8. The van der Waals surface area contributed by atoms with Gasteiger partial charge < -0.3 is 9.80 Å². The fraction of sp³-hybridized carbons (Fsp3) is 0.333. The average molecular weight is 430 g/mol. The standard InChI is InChI=1S/C21H23N3O3S2/c1-23(2)16-8-10-17(11-9-16)24-18-13-29(26,27)14-19(18)28-21(24)22-20(25)12-15-6-4-3-5-7-15/h3-11,18-19H,12-14H2,1-2H3/t18-,19+/m1/s1. The highest BCUT2D eigenvalue weighted by Crippen LogP contribution is 2.41. The van der Waals surface area contributed by atoms with E-state index in [1.165, 1.54) is 11.8 Å². The lowest BCUT2D eigenvalue weighted by molar-refractivity contribution is -0.117. The molecule has 2 aromatic rings. The normalized spacial score (nSPS) is 23.9. The zero-order valence-corrected chi connectivity index (χ0v) is 18.0. The molecule has 2 saturated heterocycles. The van der Waals surface area contributed by atoms with Gasteiger partial charge in [-0.3, -0.25) is 4.79 Å². The molecule has 0 unspecified atom stereocenters. The highest BCUT2D eigenvalue weighted by molar-refractivity contribution is 8.16. The number of fused-ring (bicyclic) bond motifs is 1. The molecule has 0 aliphatic carbocycles. The number of carbonyl (C=O) groups excluding carboxylic acids is 1. The van der Waals surface area contributed by atoms with Gasteiger partial charge in [-0.2, -0.15) is 4.99 Å². The van der Waals surface area contributed by atoms with E-state index in [-0.39, 0.29) is 35.1 Å². The molecule has 0 bridgehead atoms. The van der Waals surface area contributed by atoms with Crippen molar-refractivity contribution in [2.24, 2.45) is 4.99 Å². The van der Waals surface area contributed by atoms with Gasteiger partial charge in [0.2, 0.25) is 0 Å². The van der Waals surface area contributed by atoms with Crippen LogP contribution in [0, 0.1) is 0 Å². The van der Waals surface area contributed by atoms with Crippen LogP contribution in [0.4, 0.5) is 11.4 Å². The first kappa shape index (κ1) is 20.0. The van der Waals surface area contributed by atoms with E-state index in [9.17, 15) is 13.2 Å². The monoisotopic (exact) mass is 429 g/mol. The lowest BCUT2D eigenvalue weighted by Crippen LogP contribution is -2.37. The Morgan fingerprint density at radius 1 is 1.10 bits per heavy atom. The molecule has 2 atom stereocenters. The molecule has 29 heavy (non-hydrogen) atoms. The second-order valence-electron chi connectivity index (χ2n) is 7.53. The number of rotatable bonds is 4. The zero-order valence-electron chi connectivity index (χ0n) is 16.4. The number of thioether (sulfide) groups is 1. The molecule has 0 saturated carbocycles. The Hall–Kier alpha value is -2.32. The van der Waals surface area contributed by atoms with E-state index in [4.69, 9.17) is 0 Å². The minimum atomic E-state index is -3.08. The number of aliphatic imine (C=N–C) groups is 1. The quantitative estimate of drug-likeness (QED) is 0.744. The smallest absolute Gasteiger partial charge is 0.252 e. The van der Waals surface area contributed by atoms with Crippen LogP contribution < -0.4 is 9.80 Å². The second kappa shape index (κ2) is 7.84. The minimum Gasteiger partial charge on any atom is -0.378 e. The fourth-order valence-corrected chi connectivity index (χ4v) is 7.63. The van der Waals surface area contributed by atoms with Crippen molar-refractivity contribution in [3.8, 4) is 0 Å². The summed E-state index contributed by atoms with van der Waals surface area (Å²) < 4.78 is 24.4. The molecule has 0 aromatic heterocycles. The summed E-state index contributed by atoms with van der Waals surface area (Å²) in [5.41, 5.74) is 2.82. The molecule has 8 heteroatoms. The van der Waals surface area contributed by atoms with Gasteiger partial charge in [0.25, 0.3) is 5.91 Å². The number of anilines is 2. The van der Waals surface area contributed by atoms with E-state index >= 15 is 0 Å². The fourth-order valence-electron chi connectivity index (χ4n) is 3.69. The Bertz CT molecular complexity index is 1030. The molecule has 1 amide bonds. The van der Waals surface area contributed by atoms with Gasteiger partial charge >= 0.3 is 0 Å². The molecule has 2 fully saturated rings. The summed E-state index contributed by atoms with van der Waals surface area (Å²) in [4.78, 5) is 20.9. The molecular weight excluding hydrogens is 406 g/mol. The van der Waals surface area contributed by atoms with Crippen LogP contribution in [0.2, 0.25) is 0 Å². The maximum Gasteiger partial charge on any atom is 0.252 e. The molecular formula is C21H23N3O3S2. The van der Waals surface area contributed by atoms with Crippen LogP contribution in [0.15, 0.2) is 59.6 Å². The molecule has 2 heterocycles. The maximum absolute atomic E-state index is 12.6. The van der Waals surface area contributed by atoms with Crippen molar-refractivity contribution in [1.82, 2.24) is 0 Å². The van der Waals surface area contributed by atoms with Gasteiger partial charge in [-0.1, -0.05) is 42.1 Å². The third-order valence-electron chi connectivity index (χ3n) is 5.13. The molecule has 0 N–H and O–H groups in total. The highest BCUT2D eigenvalue weighted by Gasteiger charge is 2.49. The summed E-state index contributed by atoms with van der Waals surface area (Å²) >= 11 is 1.40. The van der Waals surface area contributed by atoms with Crippen molar-refractivity contribution in [3.63, 3.8) is 0 Å². The van der Waals surface area contributed by atoms with Crippen LogP contribution in [-0.2, 0) is 21.1 Å². The lowest BCUT2D eigenvalue weighted by atomic mass is 10.1. The SMILES string of the molecule is CN(C)c1ccc(N2C(=NC(=O)Cc3ccccc3)S[C@H]3CS(=O)(=O)C[C@H]32)cc1. The number of carbonyl (C=O) groups is 1. The van der Waals surface area contributed by atoms with Gasteiger partial charge in [0.15, 0.2) is 15.0 Å². The second-order valence-corrected chi connectivity index (χ2v) is 10.9. The van der Waals surface area contributed by atoms with Gasteiger partial charge in [0, 0.05) is 30.7 Å². The number of amidine groups is 1. The van der Waals surface area contributed by atoms with Gasteiger partial charge in [0.1, 0.15) is 0 Å². The number of hydrogen-bond acceptors (Lipinski definition) is 5. The third-order valence-corrected chi connectivity index (χ3v) is 8.34. The largest absolute Gasteiger partial charge is 0.378 e. The Morgan fingerprint density at radius 3 is 2.45 bits per heavy atom. The van der Waals surface area contributed by atoms with Gasteiger partial charge in [-0.05, 0) is 29.8 Å². The molecule has 2 aromatic carbocycles. The summed E-state index contributed by atoms with van der Waals surface area (Å²) in [6.45, 7) is 0. The number of sulfone groups is 1. The van der Waals surface area contributed by atoms with Crippen molar-refractivity contribution < 1.29 is 13.2 Å². The van der Waals surface area contributed by atoms with Crippen molar-refractivity contribution in [2.45, 2.75) is 17.7 Å². The Morgan fingerprint density at radius 2 is 1.79 bits per heavy atom. The molecule has 0 spiro atoms. The van der Waals surface area contributed by atoms with E-state index in [1.807, 2.05) is 78.5 Å². The molecule has 152 valence electrons. The predicted octanol–water partition coefficient (Wildman–Crippen LogP) is 2.60. The first-order valence-electron chi connectivity index (χ1n) is 9.41. The Balaban J connectivity index is 1.64. The van der Waals surface area contributed by atoms with E-state index < -0.39 is 9.84 Å². The van der Waals surface area contributed by atoms with Crippen molar-refractivity contribution >= 4 is 44.0 Å². The molecule has 4 rings (SSSR count). The highest BCUT2D eigenvalue weighted by atomic mass is 32.2. The number of hydrogen-bond donors (Lipinski definition) is 0. The lowest BCUT2D eigenvalue weighted by Gasteiger charge is -2.25. The molecule has 6 nitrogen and oxygen atoms in total. The van der Waals surface area contributed by atoms with Gasteiger partial charge in [0.05, 0.1) is 24.0 Å². The predicted molar refractivity (Wildman–Crippen MR) is 120 cm³/mol. The van der Waals surface area contributed by atoms with E-state index in [1.54, 1.807) is 0 Å². The summed E-state index contributed by atoms with van der Waals surface area (Å²) in [5.74, 6) is -0.0107. The third kappa shape index (κ3) is 4.33. The van der Waals surface area contributed by atoms with Gasteiger partial charge in [-0.25, -0.2) is 8.42 Å². The van der Waals surface area contributed by atoms with E-state index in [0.29, 0.717) is 5.17 Å². The first-order valence-corrected chi connectivity index (χ1v) is 12.1. The summed E-state index contributed by atoms with van der Waals surface area (Å²) in [5, 5.41) is 0.491. The molecule has 0 radical (unpaired) electrons. The van der Waals surface area contributed by atoms with Crippen LogP contribution >= 0.6 is 11.8 Å². The minimum absolute atomic E-state index is 0.0893. The van der Waals surface area contributed by atoms with Crippen molar-refractivity contribution in [1.29, 1.82) is 0 Å². The molecule has 2 aliphatic heterocycles. The Kier molecular flexibility index (Phi) is 5.40. The summed E-state index contributed by atoms with van der Waals surface area (Å²) in [6.07, 6.45) is 0.228. The van der Waals surface area contributed by atoms with E-state index in [2.05, 4.69) is 4.99 Å². The Labute approximate surface area is 175 Å². The average Bonchev–Trinajstić information content (AvgIpc) is 3.13. The van der Waals surface area contributed by atoms with Crippen LogP contribution in [0.1, 0.15) is 5.56 Å². The van der Waals surface area contributed by atoms with Gasteiger partial charge in [-0.15, -0.1) is 0 Å². The number of amides is 1. The number of nitrogens with zero attached hydrogens (tertiary/aromatic N) is 3. The summed E-state index contributed by atoms with van der Waals surface area (Å²) in [7, 11) is 0.856. The van der Waals surface area contributed by atoms with Crippen molar-refractivity contribution in [2.75, 3.05) is 35.4 Å². The topological polar surface area (TPSA) is 70.0 Å². The van der Waals surface area contributed by atoms with E-state index in [0.717, 1.165) is 16.9 Å². The van der Waals surface area contributed by atoms with Crippen LogP contribution in [0.3, 0.4) is 0 Å². The zero-order chi connectivity index (χ0) is 20.6. The van der Waals surface area contributed by atoms with Crippen LogP contribution in [-0.4, -0.2) is 56.4 Å². The van der Waals surface area contributed by atoms with Crippen LogP contribution in [0.5, 0.6) is 0 Å². The summed E-state index contributed by atoms with van der Waals surface area (Å²) in [6, 6.07) is 17.2. The van der Waals surface area contributed by atoms with Crippen LogP contribution in [0.25, 0.3) is 0 Å². The number of benzene rings is 2. The van der Waals surface area contributed by atoms with Crippen molar-refractivity contribution in [3.05, 3.63) is 60.2 Å². The molecule has 2 aliphatic rings. The maximum atomic E-state index is 12.6.